The van der Waals surface area contributed by atoms with Gasteiger partial charge in [-0.05, 0) is 36.5 Å². The molecule has 0 unspecified atom stereocenters. The monoisotopic (exact) mass is 234 g/mol. The van der Waals surface area contributed by atoms with Crippen molar-refractivity contribution in [3.63, 3.8) is 0 Å². The number of hydrogen-bond acceptors (Lipinski definition) is 2. The highest BCUT2D eigenvalue weighted by molar-refractivity contribution is 5.97. The first-order chi connectivity index (χ1) is 7.86. The molecule has 0 radical (unpaired) electrons. The Kier molecular flexibility index (Phi) is 4.33. The smallest absolute Gasteiger partial charge is 0.163 e. The molecule has 0 atom stereocenters. The summed E-state index contributed by atoms with van der Waals surface area (Å²) in [4.78, 5) is 11.6. The first-order valence-electron chi connectivity index (χ1n) is 6.14. The van der Waals surface area contributed by atoms with Crippen LogP contribution in [-0.2, 0) is 5.41 Å². The minimum atomic E-state index is 0.0491. The van der Waals surface area contributed by atoms with E-state index in [0.717, 1.165) is 12.0 Å². The fraction of sp³-hybridized carbons (Fsp3) is 0.533. The SMILES string of the molecule is CCCOc1ccc(C(C)(C)C)cc1C(C)=O. The number of Topliss-reactive ketones (excluding diaryl/α,β-unsaturated/α-hetero) is 1. The summed E-state index contributed by atoms with van der Waals surface area (Å²) in [6, 6.07) is 5.90. The summed E-state index contributed by atoms with van der Waals surface area (Å²) in [5.41, 5.74) is 1.89. The molecule has 0 aromatic heterocycles. The molecule has 1 rings (SSSR count). The first kappa shape index (κ1) is 13.8. The second-order valence-electron chi connectivity index (χ2n) is 5.37. The van der Waals surface area contributed by atoms with Crippen LogP contribution < -0.4 is 4.74 Å². The molecule has 0 aliphatic heterocycles. The van der Waals surface area contributed by atoms with Gasteiger partial charge in [-0.3, -0.25) is 4.79 Å². The lowest BCUT2D eigenvalue weighted by Gasteiger charge is -2.20. The zero-order chi connectivity index (χ0) is 13.1. The Morgan fingerprint density at radius 2 is 1.94 bits per heavy atom. The summed E-state index contributed by atoms with van der Waals surface area (Å²) >= 11 is 0. The van der Waals surface area contributed by atoms with E-state index >= 15 is 0 Å². The van der Waals surface area contributed by atoms with Crippen molar-refractivity contribution in [2.24, 2.45) is 0 Å². The van der Waals surface area contributed by atoms with E-state index in [9.17, 15) is 4.79 Å². The number of carbonyl (C=O) groups is 1. The van der Waals surface area contributed by atoms with Crippen LogP contribution in [0.2, 0.25) is 0 Å². The second kappa shape index (κ2) is 5.35. The van der Waals surface area contributed by atoms with Gasteiger partial charge in [0.25, 0.3) is 0 Å². The molecule has 0 bridgehead atoms. The zero-order valence-corrected chi connectivity index (χ0v) is 11.5. The normalized spacial score (nSPS) is 11.4. The van der Waals surface area contributed by atoms with Crippen LogP contribution in [-0.4, -0.2) is 12.4 Å². The van der Waals surface area contributed by atoms with E-state index in [0.29, 0.717) is 17.9 Å². The van der Waals surface area contributed by atoms with Crippen LogP contribution in [0.5, 0.6) is 5.75 Å². The maximum Gasteiger partial charge on any atom is 0.163 e. The van der Waals surface area contributed by atoms with Crippen molar-refractivity contribution in [2.75, 3.05) is 6.61 Å². The molecule has 1 aromatic rings. The van der Waals surface area contributed by atoms with Crippen molar-refractivity contribution in [1.29, 1.82) is 0 Å². The van der Waals surface area contributed by atoms with Crippen LogP contribution >= 0.6 is 0 Å². The Bertz CT molecular complexity index is 400. The van der Waals surface area contributed by atoms with E-state index in [1.807, 2.05) is 18.2 Å². The van der Waals surface area contributed by atoms with Crippen LogP contribution in [0.15, 0.2) is 18.2 Å². The lowest BCUT2D eigenvalue weighted by Crippen LogP contribution is -2.13. The van der Waals surface area contributed by atoms with Crippen molar-refractivity contribution in [1.82, 2.24) is 0 Å². The lowest BCUT2D eigenvalue weighted by molar-refractivity contribution is 0.101. The van der Waals surface area contributed by atoms with Crippen LogP contribution in [0, 0.1) is 0 Å². The fourth-order valence-electron chi connectivity index (χ4n) is 1.61. The first-order valence-corrected chi connectivity index (χ1v) is 6.14. The molecule has 0 amide bonds. The van der Waals surface area contributed by atoms with Crippen LogP contribution in [0.25, 0.3) is 0 Å². The molecule has 1 aromatic carbocycles. The summed E-state index contributed by atoms with van der Waals surface area (Å²) in [6.07, 6.45) is 0.943. The lowest BCUT2D eigenvalue weighted by atomic mass is 9.85. The van der Waals surface area contributed by atoms with Gasteiger partial charge in [-0.25, -0.2) is 0 Å². The van der Waals surface area contributed by atoms with Gasteiger partial charge in [0, 0.05) is 0 Å². The van der Waals surface area contributed by atoms with E-state index in [2.05, 4.69) is 27.7 Å². The maximum absolute atomic E-state index is 11.6. The summed E-state index contributed by atoms with van der Waals surface area (Å²) < 4.78 is 5.59. The highest BCUT2D eigenvalue weighted by Gasteiger charge is 2.17. The van der Waals surface area contributed by atoms with Gasteiger partial charge in [0.05, 0.1) is 12.2 Å². The molecular weight excluding hydrogens is 212 g/mol. The highest BCUT2D eigenvalue weighted by Crippen LogP contribution is 2.28. The average Bonchev–Trinajstić information content (AvgIpc) is 2.24. The van der Waals surface area contributed by atoms with Gasteiger partial charge in [0.2, 0.25) is 0 Å². The van der Waals surface area contributed by atoms with Gasteiger partial charge in [0.1, 0.15) is 5.75 Å². The maximum atomic E-state index is 11.6. The van der Waals surface area contributed by atoms with Gasteiger partial charge in [-0.15, -0.1) is 0 Å². The third kappa shape index (κ3) is 3.58. The van der Waals surface area contributed by atoms with E-state index < -0.39 is 0 Å². The van der Waals surface area contributed by atoms with Crippen molar-refractivity contribution in [3.8, 4) is 5.75 Å². The minimum absolute atomic E-state index is 0.0491. The topological polar surface area (TPSA) is 26.3 Å². The Labute approximate surface area is 104 Å². The predicted molar refractivity (Wildman–Crippen MR) is 70.9 cm³/mol. The molecule has 94 valence electrons. The highest BCUT2D eigenvalue weighted by atomic mass is 16.5. The predicted octanol–water partition coefficient (Wildman–Crippen LogP) is 3.98. The van der Waals surface area contributed by atoms with E-state index in [1.165, 1.54) is 0 Å². The summed E-state index contributed by atoms with van der Waals surface area (Å²) in [7, 11) is 0. The largest absolute Gasteiger partial charge is 0.493 e. The number of carbonyl (C=O) groups excluding carboxylic acids is 1. The van der Waals surface area contributed by atoms with E-state index in [4.69, 9.17) is 4.74 Å². The van der Waals surface area contributed by atoms with Crippen molar-refractivity contribution >= 4 is 5.78 Å². The van der Waals surface area contributed by atoms with Gasteiger partial charge in [-0.2, -0.15) is 0 Å². The van der Waals surface area contributed by atoms with Gasteiger partial charge in [-0.1, -0.05) is 33.8 Å². The Morgan fingerprint density at radius 3 is 2.41 bits per heavy atom. The summed E-state index contributed by atoms with van der Waals surface area (Å²) in [5.74, 6) is 0.759. The number of hydrogen-bond donors (Lipinski definition) is 0. The van der Waals surface area contributed by atoms with Crippen molar-refractivity contribution < 1.29 is 9.53 Å². The molecule has 0 saturated heterocycles. The molecule has 0 N–H and O–H groups in total. The van der Waals surface area contributed by atoms with Crippen LogP contribution in [0.3, 0.4) is 0 Å². The molecular formula is C15H22O2. The Balaban J connectivity index is 3.13. The third-order valence-electron chi connectivity index (χ3n) is 2.69. The minimum Gasteiger partial charge on any atom is -0.493 e. The van der Waals surface area contributed by atoms with Gasteiger partial charge in [0.15, 0.2) is 5.78 Å². The van der Waals surface area contributed by atoms with E-state index in [1.54, 1.807) is 6.92 Å². The second-order valence-corrected chi connectivity index (χ2v) is 5.37. The quantitative estimate of drug-likeness (QED) is 0.737. The molecule has 17 heavy (non-hydrogen) atoms. The molecule has 0 aliphatic rings. The van der Waals surface area contributed by atoms with Crippen molar-refractivity contribution in [3.05, 3.63) is 29.3 Å². The molecule has 2 nitrogen and oxygen atoms in total. The van der Waals surface area contributed by atoms with Gasteiger partial charge < -0.3 is 4.74 Å². The molecule has 2 heteroatoms. The third-order valence-corrected chi connectivity index (χ3v) is 2.69. The molecule has 0 heterocycles. The number of ketones is 1. The molecule has 0 spiro atoms. The van der Waals surface area contributed by atoms with Crippen LogP contribution in [0.1, 0.15) is 57.0 Å². The molecule has 0 saturated carbocycles. The number of ether oxygens (including phenoxy) is 1. The van der Waals surface area contributed by atoms with E-state index in [-0.39, 0.29) is 11.2 Å². The summed E-state index contributed by atoms with van der Waals surface area (Å²) in [6.45, 7) is 10.7. The number of benzene rings is 1. The summed E-state index contributed by atoms with van der Waals surface area (Å²) in [5, 5.41) is 0. The van der Waals surface area contributed by atoms with Crippen LogP contribution in [0.4, 0.5) is 0 Å². The average molecular weight is 234 g/mol. The standard InChI is InChI=1S/C15H22O2/c1-6-9-17-14-8-7-12(15(3,4)5)10-13(14)11(2)16/h7-8,10H,6,9H2,1-5H3. The number of rotatable bonds is 4. The molecule has 0 fully saturated rings. The Morgan fingerprint density at radius 1 is 1.29 bits per heavy atom. The fourth-order valence-corrected chi connectivity index (χ4v) is 1.61. The zero-order valence-electron chi connectivity index (χ0n) is 11.5. The van der Waals surface area contributed by atoms with Gasteiger partial charge >= 0.3 is 0 Å². The Hall–Kier alpha value is -1.31. The van der Waals surface area contributed by atoms with Crippen molar-refractivity contribution in [2.45, 2.75) is 46.5 Å². The molecule has 0 aliphatic carbocycles.